The third kappa shape index (κ3) is 0.740. The van der Waals surface area contributed by atoms with Gasteiger partial charge >= 0.3 is 0 Å². The summed E-state index contributed by atoms with van der Waals surface area (Å²) in [5.74, 6) is 0. The predicted molar refractivity (Wildman–Crippen MR) is 35.3 cm³/mol. The highest BCUT2D eigenvalue weighted by molar-refractivity contribution is 7.81. The Kier molecular flexibility index (Phi) is 1.09. The van der Waals surface area contributed by atoms with Crippen molar-refractivity contribution in [3.05, 3.63) is 0 Å². The molecule has 0 spiro atoms. The van der Waals surface area contributed by atoms with E-state index in [2.05, 4.69) is 23.2 Å². The predicted octanol–water partition coefficient (Wildman–Crippen LogP) is -1.04. The van der Waals surface area contributed by atoms with Crippen LogP contribution < -0.4 is 11.2 Å². The molecule has 0 aromatic carbocycles. The summed E-state index contributed by atoms with van der Waals surface area (Å²) < 4.78 is 0. The minimum atomic E-state index is -0.792. The fraction of sp³-hybridized carbons (Fsp3) is 0.667. The Morgan fingerprint density at radius 1 is 2.00 bits per heavy atom. The maximum absolute atomic E-state index is 5.48. The lowest BCUT2D eigenvalue weighted by atomic mass is 10.8. The van der Waals surface area contributed by atoms with Gasteiger partial charge in [0, 0.05) is 7.05 Å². The van der Waals surface area contributed by atoms with Crippen LogP contribution in [-0.2, 0) is 0 Å². The van der Waals surface area contributed by atoms with Gasteiger partial charge in [-0.05, 0) is 0 Å². The molecule has 0 fully saturated rings. The van der Waals surface area contributed by atoms with Gasteiger partial charge in [-0.1, -0.05) is 0 Å². The van der Waals surface area contributed by atoms with Crippen molar-refractivity contribution in [3.63, 3.8) is 0 Å². The van der Waals surface area contributed by atoms with Crippen LogP contribution in [0.25, 0.3) is 0 Å². The van der Waals surface area contributed by atoms with Crippen LogP contribution in [0.15, 0.2) is 5.10 Å². The summed E-state index contributed by atoms with van der Waals surface area (Å²) >= 11 is 4.01. The first-order valence-corrected chi connectivity index (χ1v) is 2.62. The molecule has 1 aliphatic rings. The third-order valence-electron chi connectivity index (χ3n) is 0.998. The van der Waals surface area contributed by atoms with E-state index in [1.807, 2.05) is 0 Å². The number of nitrogens with one attached hydrogen (secondary N) is 1. The van der Waals surface area contributed by atoms with Gasteiger partial charge in [0.05, 0.1) is 0 Å². The van der Waals surface area contributed by atoms with Gasteiger partial charge in [-0.25, -0.2) is 0 Å². The van der Waals surface area contributed by atoms with Crippen LogP contribution in [-0.4, -0.2) is 23.4 Å². The Hall–Kier alpha value is -0.420. The molecule has 0 saturated heterocycles. The van der Waals surface area contributed by atoms with E-state index in [4.69, 9.17) is 5.73 Å². The van der Waals surface area contributed by atoms with Gasteiger partial charge in [0.1, 0.15) is 6.34 Å². The molecule has 5 heteroatoms. The Balaban J connectivity index is 2.64. The van der Waals surface area contributed by atoms with Crippen LogP contribution in [0.2, 0.25) is 0 Å². The number of hydrogen-bond donors (Lipinski definition) is 3. The maximum Gasteiger partial charge on any atom is 0.227 e. The molecule has 0 amide bonds. The highest BCUT2D eigenvalue weighted by Crippen LogP contribution is 2.08. The van der Waals surface area contributed by atoms with Crippen LogP contribution >= 0.6 is 12.6 Å². The number of hydrogen-bond acceptors (Lipinski definition) is 5. The minimum Gasteiger partial charge on any atom is -0.319 e. The van der Waals surface area contributed by atoms with Gasteiger partial charge in [0.25, 0.3) is 0 Å². The molecule has 0 aromatic rings. The summed E-state index contributed by atoms with van der Waals surface area (Å²) in [6.07, 6.45) is 1.58. The normalized spacial score (nSPS) is 35.6. The average Bonchev–Trinajstić information content (AvgIpc) is 1.86. The van der Waals surface area contributed by atoms with Gasteiger partial charge in [0.15, 0.2) is 0 Å². The monoisotopic (exact) mass is 132 g/mol. The van der Waals surface area contributed by atoms with E-state index in [1.54, 1.807) is 18.3 Å². The second-order valence-electron chi connectivity index (χ2n) is 1.69. The first-order valence-electron chi connectivity index (χ1n) is 2.17. The Morgan fingerprint density at radius 2 is 2.62 bits per heavy atom. The molecule has 1 atom stereocenters. The fourth-order valence-corrected chi connectivity index (χ4v) is 0.487. The summed E-state index contributed by atoms with van der Waals surface area (Å²) in [5.41, 5.74) is 8.06. The largest absolute Gasteiger partial charge is 0.319 e. The first kappa shape index (κ1) is 5.71. The van der Waals surface area contributed by atoms with E-state index in [-0.39, 0.29) is 0 Å². The van der Waals surface area contributed by atoms with Crippen LogP contribution in [0.4, 0.5) is 0 Å². The van der Waals surface area contributed by atoms with Crippen molar-refractivity contribution in [1.29, 1.82) is 0 Å². The van der Waals surface area contributed by atoms with Crippen LogP contribution in [0.3, 0.4) is 0 Å². The molecule has 4 nitrogen and oxygen atoms in total. The van der Waals surface area contributed by atoms with E-state index >= 15 is 0 Å². The molecule has 0 bridgehead atoms. The van der Waals surface area contributed by atoms with Crippen molar-refractivity contribution >= 4 is 19.0 Å². The average molecular weight is 132 g/mol. The third-order valence-corrected chi connectivity index (χ3v) is 1.41. The summed E-state index contributed by atoms with van der Waals surface area (Å²) in [6.45, 7) is 0. The summed E-state index contributed by atoms with van der Waals surface area (Å²) in [7, 11) is 1.79. The Labute approximate surface area is 53.1 Å². The SMILES string of the molecule is CN1C=NNC1(N)S. The molecule has 46 valence electrons. The summed E-state index contributed by atoms with van der Waals surface area (Å²) in [5, 5.41) is 2.88. The lowest BCUT2D eigenvalue weighted by Crippen LogP contribution is -2.53. The lowest BCUT2D eigenvalue weighted by Gasteiger charge is -2.24. The number of nitrogens with two attached hydrogens (primary N) is 1. The first-order chi connectivity index (χ1) is 3.63. The summed E-state index contributed by atoms with van der Waals surface area (Å²) in [4.78, 5) is 1.66. The lowest BCUT2D eigenvalue weighted by molar-refractivity contribution is 0.323. The molecule has 1 rings (SSSR count). The molecule has 0 radical (unpaired) electrons. The Morgan fingerprint density at radius 3 is 2.75 bits per heavy atom. The van der Waals surface area contributed by atoms with E-state index in [0.717, 1.165) is 0 Å². The second kappa shape index (κ2) is 1.53. The van der Waals surface area contributed by atoms with Crippen molar-refractivity contribution in [2.75, 3.05) is 7.05 Å². The molecule has 0 saturated carbocycles. The number of hydrazone groups is 1. The zero-order valence-corrected chi connectivity index (χ0v) is 5.39. The minimum absolute atomic E-state index is 0.792. The van der Waals surface area contributed by atoms with Gasteiger partial charge in [-0.2, -0.15) is 5.10 Å². The van der Waals surface area contributed by atoms with E-state index in [9.17, 15) is 0 Å². The van der Waals surface area contributed by atoms with Crippen LogP contribution in [0.5, 0.6) is 0 Å². The van der Waals surface area contributed by atoms with Crippen LogP contribution in [0, 0.1) is 0 Å². The highest BCUT2D eigenvalue weighted by atomic mass is 32.1. The van der Waals surface area contributed by atoms with Gasteiger partial charge in [-0.3, -0.25) is 11.2 Å². The quantitative estimate of drug-likeness (QED) is 0.291. The fourth-order valence-electron chi connectivity index (χ4n) is 0.377. The van der Waals surface area contributed by atoms with E-state index < -0.39 is 5.12 Å². The Bertz CT molecular complexity index is 120. The number of rotatable bonds is 0. The standard InChI is InChI=1S/C3H8N4S/c1-7-2-5-6-3(7,4)8/h2,6,8H,4H2,1H3. The zero-order valence-electron chi connectivity index (χ0n) is 4.50. The maximum atomic E-state index is 5.48. The van der Waals surface area contributed by atoms with Gasteiger partial charge in [0.2, 0.25) is 5.12 Å². The second-order valence-corrected chi connectivity index (χ2v) is 2.38. The zero-order chi connectivity index (χ0) is 6.20. The topological polar surface area (TPSA) is 53.6 Å². The molecule has 1 aliphatic heterocycles. The highest BCUT2D eigenvalue weighted by Gasteiger charge is 2.26. The van der Waals surface area contributed by atoms with E-state index in [0.29, 0.717) is 0 Å². The molecular weight excluding hydrogens is 124 g/mol. The summed E-state index contributed by atoms with van der Waals surface area (Å²) in [6, 6.07) is 0. The van der Waals surface area contributed by atoms with Crippen molar-refractivity contribution < 1.29 is 0 Å². The molecule has 8 heavy (non-hydrogen) atoms. The molecule has 1 heterocycles. The molecule has 3 N–H and O–H groups in total. The van der Waals surface area contributed by atoms with Crippen LogP contribution in [0.1, 0.15) is 0 Å². The van der Waals surface area contributed by atoms with Crippen molar-refractivity contribution in [3.8, 4) is 0 Å². The molecule has 0 aliphatic carbocycles. The van der Waals surface area contributed by atoms with Gasteiger partial charge in [-0.15, -0.1) is 12.6 Å². The number of nitrogens with zero attached hydrogens (tertiary/aromatic N) is 2. The van der Waals surface area contributed by atoms with Crippen molar-refractivity contribution in [2.45, 2.75) is 5.12 Å². The van der Waals surface area contributed by atoms with E-state index in [1.165, 1.54) is 0 Å². The van der Waals surface area contributed by atoms with Crippen molar-refractivity contribution in [2.24, 2.45) is 10.8 Å². The number of thiol groups is 1. The van der Waals surface area contributed by atoms with Crippen molar-refractivity contribution in [1.82, 2.24) is 10.3 Å². The molecular formula is C3H8N4S. The smallest absolute Gasteiger partial charge is 0.227 e. The molecule has 1 unspecified atom stereocenters. The van der Waals surface area contributed by atoms with Gasteiger partial charge < -0.3 is 4.90 Å². The molecule has 0 aromatic heterocycles.